The number of nitrogens with two attached hydrogens (primary N) is 1. The molecule has 0 unspecified atom stereocenters. The maximum Gasteiger partial charge on any atom is 0.271 e. The van der Waals surface area contributed by atoms with Crippen molar-refractivity contribution in [1.29, 1.82) is 0 Å². The maximum absolute atomic E-state index is 11.3. The van der Waals surface area contributed by atoms with Gasteiger partial charge in [0, 0.05) is 18.4 Å². The minimum atomic E-state index is -0.595. The van der Waals surface area contributed by atoms with Gasteiger partial charge >= 0.3 is 0 Å². The Bertz CT molecular complexity index is 623. The van der Waals surface area contributed by atoms with Crippen LogP contribution < -0.4 is 16.4 Å². The fraction of sp³-hybridized carbons (Fsp3) is 0.154. The summed E-state index contributed by atoms with van der Waals surface area (Å²) in [4.78, 5) is 11.3. The predicted octanol–water partition coefficient (Wildman–Crippen LogP) is 1.81. The normalized spacial score (nSPS) is 10.1. The third-order valence-corrected chi connectivity index (χ3v) is 2.80. The number of nitrogens with one attached hydrogen (secondary N) is 2. The van der Waals surface area contributed by atoms with E-state index in [1.807, 2.05) is 37.3 Å². The van der Waals surface area contributed by atoms with E-state index in [4.69, 9.17) is 18.0 Å². The van der Waals surface area contributed by atoms with E-state index in [1.54, 1.807) is 10.9 Å². The molecule has 0 radical (unpaired) electrons. The highest BCUT2D eigenvalue weighted by molar-refractivity contribution is 7.80. The molecule has 1 aromatic carbocycles. The standard InChI is InChI=1S/C13H15N5OS/c1-2-18-8-10(11(17-18)12(14)19)16-13(20)15-9-6-4-3-5-7-9/h3-8H,2H2,1H3,(H2,14,19)(H2,15,16,20). The predicted molar refractivity (Wildman–Crippen MR) is 82.7 cm³/mol. The van der Waals surface area contributed by atoms with Crippen molar-refractivity contribution in [1.82, 2.24) is 9.78 Å². The van der Waals surface area contributed by atoms with Crippen molar-refractivity contribution >= 4 is 34.6 Å². The van der Waals surface area contributed by atoms with Crippen LogP contribution in [0.1, 0.15) is 17.4 Å². The first-order valence-corrected chi connectivity index (χ1v) is 6.51. The SMILES string of the molecule is CCn1cc(NC(=S)Nc2ccccc2)c(C(N)=O)n1. The quantitative estimate of drug-likeness (QED) is 0.747. The number of primary amides is 1. The van der Waals surface area contributed by atoms with Crippen molar-refractivity contribution in [3.8, 4) is 0 Å². The minimum absolute atomic E-state index is 0.170. The lowest BCUT2D eigenvalue weighted by molar-refractivity contribution is 0.0995. The molecule has 20 heavy (non-hydrogen) atoms. The number of anilines is 2. The summed E-state index contributed by atoms with van der Waals surface area (Å²) in [5.74, 6) is -0.595. The van der Waals surface area contributed by atoms with Crippen molar-refractivity contribution < 1.29 is 4.79 Å². The molecule has 1 heterocycles. The average molecular weight is 289 g/mol. The van der Waals surface area contributed by atoms with Crippen LogP contribution in [-0.4, -0.2) is 20.8 Å². The van der Waals surface area contributed by atoms with Crippen molar-refractivity contribution in [3.63, 3.8) is 0 Å². The number of nitrogens with zero attached hydrogens (tertiary/aromatic N) is 2. The second kappa shape index (κ2) is 6.16. The first-order chi connectivity index (χ1) is 9.60. The molecular weight excluding hydrogens is 274 g/mol. The molecule has 2 rings (SSSR count). The van der Waals surface area contributed by atoms with Gasteiger partial charge in [-0.1, -0.05) is 18.2 Å². The van der Waals surface area contributed by atoms with Gasteiger partial charge in [-0.3, -0.25) is 9.48 Å². The van der Waals surface area contributed by atoms with E-state index in [2.05, 4.69) is 15.7 Å². The largest absolute Gasteiger partial charge is 0.364 e. The molecule has 0 saturated carbocycles. The number of carbonyl (C=O) groups excluding carboxylic acids is 1. The molecule has 0 atom stereocenters. The van der Waals surface area contributed by atoms with Crippen molar-refractivity contribution in [2.75, 3.05) is 10.6 Å². The number of benzene rings is 1. The topological polar surface area (TPSA) is 85.0 Å². The van der Waals surface area contributed by atoms with Crippen LogP contribution >= 0.6 is 12.2 Å². The second-order valence-electron chi connectivity index (χ2n) is 4.06. The van der Waals surface area contributed by atoms with Crippen LogP contribution in [0.15, 0.2) is 36.5 Å². The van der Waals surface area contributed by atoms with E-state index in [-0.39, 0.29) is 5.69 Å². The highest BCUT2D eigenvalue weighted by atomic mass is 32.1. The van der Waals surface area contributed by atoms with Gasteiger partial charge in [-0.2, -0.15) is 5.10 Å². The van der Waals surface area contributed by atoms with Crippen LogP contribution in [0.25, 0.3) is 0 Å². The van der Waals surface area contributed by atoms with Gasteiger partial charge in [0.1, 0.15) is 0 Å². The third kappa shape index (κ3) is 3.33. The summed E-state index contributed by atoms with van der Waals surface area (Å²) < 4.78 is 1.62. The van der Waals surface area contributed by atoms with Crippen molar-refractivity contribution in [2.24, 2.45) is 5.73 Å². The number of hydrogen-bond acceptors (Lipinski definition) is 3. The second-order valence-corrected chi connectivity index (χ2v) is 4.46. The van der Waals surface area contributed by atoms with Crippen LogP contribution in [0.4, 0.5) is 11.4 Å². The molecule has 0 aliphatic carbocycles. The minimum Gasteiger partial charge on any atom is -0.364 e. The molecule has 104 valence electrons. The summed E-state index contributed by atoms with van der Waals surface area (Å²) in [6.07, 6.45) is 1.69. The van der Waals surface area contributed by atoms with Gasteiger partial charge in [-0.25, -0.2) is 0 Å². The molecule has 1 aromatic heterocycles. The Balaban J connectivity index is 2.11. The number of aryl methyl sites for hydroxylation is 1. The number of aromatic nitrogens is 2. The summed E-state index contributed by atoms with van der Waals surface area (Å²) in [5.41, 5.74) is 6.81. The molecule has 7 heteroatoms. The Hall–Kier alpha value is -2.41. The van der Waals surface area contributed by atoms with Gasteiger partial charge in [-0.15, -0.1) is 0 Å². The fourth-order valence-corrected chi connectivity index (χ4v) is 1.89. The summed E-state index contributed by atoms with van der Waals surface area (Å²) >= 11 is 5.20. The molecule has 0 saturated heterocycles. The lowest BCUT2D eigenvalue weighted by Gasteiger charge is -2.09. The maximum atomic E-state index is 11.3. The van der Waals surface area contributed by atoms with Crippen LogP contribution in [0.3, 0.4) is 0 Å². The van der Waals surface area contributed by atoms with Crippen LogP contribution in [0.5, 0.6) is 0 Å². The fourth-order valence-electron chi connectivity index (χ4n) is 1.66. The Morgan fingerprint density at radius 3 is 2.65 bits per heavy atom. The van der Waals surface area contributed by atoms with Crippen molar-refractivity contribution in [2.45, 2.75) is 13.5 Å². The highest BCUT2D eigenvalue weighted by Gasteiger charge is 2.14. The van der Waals surface area contributed by atoms with Crippen molar-refractivity contribution in [3.05, 3.63) is 42.2 Å². The van der Waals surface area contributed by atoms with E-state index >= 15 is 0 Å². The van der Waals surface area contributed by atoms with Crippen LogP contribution in [0, 0.1) is 0 Å². The van der Waals surface area contributed by atoms with Gasteiger partial charge < -0.3 is 16.4 Å². The molecule has 6 nitrogen and oxygen atoms in total. The zero-order chi connectivity index (χ0) is 14.5. The first-order valence-electron chi connectivity index (χ1n) is 6.10. The molecule has 0 spiro atoms. The third-order valence-electron chi connectivity index (χ3n) is 2.60. The number of amides is 1. The molecule has 1 amide bonds. The van der Waals surface area contributed by atoms with Gasteiger partial charge in [0.2, 0.25) is 0 Å². The molecule has 0 bridgehead atoms. The summed E-state index contributed by atoms with van der Waals surface area (Å²) in [7, 11) is 0. The Morgan fingerprint density at radius 2 is 2.05 bits per heavy atom. The molecule has 0 fully saturated rings. The highest BCUT2D eigenvalue weighted by Crippen LogP contribution is 2.14. The monoisotopic (exact) mass is 289 g/mol. The van der Waals surface area contributed by atoms with Gasteiger partial charge in [0.25, 0.3) is 5.91 Å². The Morgan fingerprint density at radius 1 is 1.35 bits per heavy atom. The number of hydrogen-bond donors (Lipinski definition) is 3. The van der Waals surface area contributed by atoms with E-state index in [0.717, 1.165) is 5.69 Å². The van der Waals surface area contributed by atoms with Crippen LogP contribution in [0.2, 0.25) is 0 Å². The van der Waals surface area contributed by atoms with E-state index in [1.165, 1.54) is 0 Å². The average Bonchev–Trinajstić information content (AvgIpc) is 2.83. The molecule has 0 aliphatic heterocycles. The van der Waals surface area contributed by atoms with Crippen LogP contribution in [-0.2, 0) is 6.54 Å². The molecule has 4 N–H and O–H groups in total. The smallest absolute Gasteiger partial charge is 0.271 e. The number of rotatable bonds is 4. The van der Waals surface area contributed by atoms with E-state index in [0.29, 0.717) is 17.3 Å². The Labute approximate surface area is 122 Å². The number of thiocarbonyl (C=S) groups is 1. The number of carbonyl (C=O) groups is 1. The lowest BCUT2D eigenvalue weighted by atomic mass is 10.3. The van der Waals surface area contributed by atoms with E-state index in [9.17, 15) is 4.79 Å². The lowest BCUT2D eigenvalue weighted by Crippen LogP contribution is -2.21. The number of para-hydroxylation sites is 1. The summed E-state index contributed by atoms with van der Waals surface area (Å²) in [5, 5.41) is 10.4. The summed E-state index contributed by atoms with van der Waals surface area (Å²) in [6.45, 7) is 2.56. The molecule has 0 aliphatic rings. The Kier molecular flexibility index (Phi) is 4.31. The van der Waals surface area contributed by atoms with Gasteiger partial charge in [-0.05, 0) is 31.3 Å². The first kappa shape index (κ1) is 14.0. The molecular formula is C13H15N5OS. The van der Waals surface area contributed by atoms with Gasteiger partial charge in [0.05, 0.1) is 5.69 Å². The van der Waals surface area contributed by atoms with E-state index < -0.39 is 5.91 Å². The molecule has 2 aromatic rings. The van der Waals surface area contributed by atoms with Gasteiger partial charge in [0.15, 0.2) is 10.8 Å². The zero-order valence-electron chi connectivity index (χ0n) is 11.0. The zero-order valence-corrected chi connectivity index (χ0v) is 11.8. The summed E-state index contributed by atoms with van der Waals surface area (Å²) in [6, 6.07) is 9.48.